The number of ether oxygens (including phenoxy) is 1. The van der Waals surface area contributed by atoms with Crippen LogP contribution in [0.15, 0.2) is 24.3 Å². The molecule has 20 heavy (non-hydrogen) atoms. The zero-order chi connectivity index (χ0) is 15.3. The standard InChI is InChI=1S/C17H27NO2/c1-7-18(16(19)12-17(3,4)5)13(2)14-9-8-10-15(11-14)20-6/h8-11,13H,7,12H2,1-6H3. The lowest BCUT2D eigenvalue weighted by atomic mass is 9.91. The molecule has 0 saturated heterocycles. The van der Waals surface area contributed by atoms with Crippen molar-refractivity contribution >= 4 is 5.91 Å². The van der Waals surface area contributed by atoms with Gasteiger partial charge in [-0.15, -0.1) is 0 Å². The minimum absolute atomic E-state index is 0.0125. The Morgan fingerprint density at radius 2 is 2.00 bits per heavy atom. The minimum Gasteiger partial charge on any atom is -0.497 e. The topological polar surface area (TPSA) is 29.5 Å². The van der Waals surface area contributed by atoms with Crippen LogP contribution in [-0.4, -0.2) is 24.5 Å². The first-order valence-corrected chi connectivity index (χ1v) is 7.22. The van der Waals surface area contributed by atoms with Crippen molar-refractivity contribution in [2.24, 2.45) is 5.41 Å². The highest BCUT2D eigenvalue weighted by atomic mass is 16.5. The molecular weight excluding hydrogens is 250 g/mol. The molecule has 0 spiro atoms. The van der Waals surface area contributed by atoms with Crippen molar-refractivity contribution < 1.29 is 9.53 Å². The third kappa shape index (κ3) is 4.55. The van der Waals surface area contributed by atoms with Gasteiger partial charge in [0.05, 0.1) is 13.2 Å². The molecule has 0 saturated carbocycles. The molecule has 1 atom stereocenters. The monoisotopic (exact) mass is 277 g/mol. The van der Waals surface area contributed by atoms with Crippen molar-refractivity contribution in [1.82, 2.24) is 4.90 Å². The van der Waals surface area contributed by atoms with E-state index in [-0.39, 0.29) is 17.4 Å². The van der Waals surface area contributed by atoms with Gasteiger partial charge in [-0.3, -0.25) is 4.79 Å². The fourth-order valence-electron chi connectivity index (χ4n) is 2.30. The summed E-state index contributed by atoms with van der Waals surface area (Å²) in [5.41, 5.74) is 1.12. The van der Waals surface area contributed by atoms with E-state index in [1.165, 1.54) is 0 Å². The van der Waals surface area contributed by atoms with Crippen molar-refractivity contribution in [3.05, 3.63) is 29.8 Å². The second-order valence-electron chi connectivity index (χ2n) is 6.37. The maximum Gasteiger partial charge on any atom is 0.223 e. The molecule has 1 rings (SSSR count). The molecule has 112 valence electrons. The summed E-state index contributed by atoms with van der Waals surface area (Å²) in [5, 5.41) is 0. The van der Waals surface area contributed by atoms with E-state index in [4.69, 9.17) is 4.74 Å². The molecule has 0 aliphatic rings. The Morgan fingerprint density at radius 3 is 2.50 bits per heavy atom. The molecule has 0 radical (unpaired) electrons. The molecule has 3 nitrogen and oxygen atoms in total. The van der Waals surface area contributed by atoms with Crippen LogP contribution in [-0.2, 0) is 4.79 Å². The van der Waals surface area contributed by atoms with Crippen LogP contribution in [0.4, 0.5) is 0 Å². The first kappa shape index (κ1) is 16.5. The summed E-state index contributed by atoms with van der Waals surface area (Å²) >= 11 is 0. The number of hydrogen-bond donors (Lipinski definition) is 0. The van der Waals surface area contributed by atoms with Gasteiger partial charge in [0.2, 0.25) is 5.91 Å². The van der Waals surface area contributed by atoms with E-state index in [0.29, 0.717) is 13.0 Å². The van der Waals surface area contributed by atoms with E-state index in [1.807, 2.05) is 36.1 Å². The lowest BCUT2D eigenvalue weighted by Gasteiger charge is -2.31. The van der Waals surface area contributed by atoms with Crippen LogP contribution < -0.4 is 4.74 Å². The van der Waals surface area contributed by atoms with Crippen molar-refractivity contribution in [1.29, 1.82) is 0 Å². The van der Waals surface area contributed by atoms with Crippen LogP contribution in [0.3, 0.4) is 0 Å². The highest BCUT2D eigenvalue weighted by molar-refractivity contribution is 5.77. The zero-order valence-corrected chi connectivity index (χ0v) is 13.6. The van der Waals surface area contributed by atoms with Crippen LogP contribution in [0.25, 0.3) is 0 Å². The van der Waals surface area contributed by atoms with Gasteiger partial charge in [-0.2, -0.15) is 0 Å². The summed E-state index contributed by atoms with van der Waals surface area (Å²) < 4.78 is 5.26. The van der Waals surface area contributed by atoms with E-state index >= 15 is 0 Å². The summed E-state index contributed by atoms with van der Waals surface area (Å²) in [7, 11) is 1.66. The molecule has 0 heterocycles. The second-order valence-corrected chi connectivity index (χ2v) is 6.37. The fraction of sp³-hybridized carbons (Fsp3) is 0.588. The SMILES string of the molecule is CCN(C(=O)CC(C)(C)C)C(C)c1cccc(OC)c1. The lowest BCUT2D eigenvalue weighted by Crippen LogP contribution is -2.35. The smallest absolute Gasteiger partial charge is 0.223 e. The van der Waals surface area contributed by atoms with E-state index in [1.54, 1.807) is 7.11 Å². The van der Waals surface area contributed by atoms with E-state index in [9.17, 15) is 4.79 Å². The molecule has 0 aliphatic heterocycles. The molecule has 1 aromatic carbocycles. The average molecular weight is 277 g/mol. The average Bonchev–Trinajstić information content (AvgIpc) is 2.37. The number of rotatable bonds is 5. The van der Waals surface area contributed by atoms with E-state index in [0.717, 1.165) is 11.3 Å². The first-order chi connectivity index (χ1) is 9.28. The summed E-state index contributed by atoms with van der Waals surface area (Å²) in [5.74, 6) is 1.03. The second kappa shape index (κ2) is 6.78. The Balaban J connectivity index is 2.90. The summed E-state index contributed by atoms with van der Waals surface area (Å²) in [6.45, 7) is 11.1. The maximum absolute atomic E-state index is 12.5. The fourth-order valence-corrected chi connectivity index (χ4v) is 2.30. The highest BCUT2D eigenvalue weighted by Gasteiger charge is 2.24. The molecule has 0 bridgehead atoms. The summed E-state index contributed by atoms with van der Waals surface area (Å²) in [4.78, 5) is 14.4. The van der Waals surface area contributed by atoms with Crippen molar-refractivity contribution in [3.8, 4) is 5.75 Å². The first-order valence-electron chi connectivity index (χ1n) is 7.22. The highest BCUT2D eigenvalue weighted by Crippen LogP contribution is 2.27. The molecule has 0 aromatic heterocycles. The molecule has 1 amide bonds. The summed E-state index contributed by atoms with van der Waals surface area (Å²) in [6, 6.07) is 7.98. The van der Waals surface area contributed by atoms with E-state index in [2.05, 4.69) is 27.7 Å². The molecule has 1 aromatic rings. The third-order valence-electron chi connectivity index (χ3n) is 3.39. The van der Waals surface area contributed by atoms with Crippen molar-refractivity contribution in [3.63, 3.8) is 0 Å². The van der Waals surface area contributed by atoms with Gasteiger partial charge in [0.1, 0.15) is 5.75 Å². The normalized spacial score (nSPS) is 12.9. The number of methoxy groups -OCH3 is 1. The largest absolute Gasteiger partial charge is 0.497 e. The van der Waals surface area contributed by atoms with Gasteiger partial charge in [0.15, 0.2) is 0 Å². The Labute approximate surface area is 122 Å². The summed E-state index contributed by atoms with van der Waals surface area (Å²) in [6.07, 6.45) is 0.565. The molecule has 3 heteroatoms. The van der Waals surface area contributed by atoms with Crippen molar-refractivity contribution in [2.45, 2.75) is 47.1 Å². The Morgan fingerprint density at radius 1 is 1.35 bits per heavy atom. The van der Waals surface area contributed by atoms with Crippen LogP contribution in [0.5, 0.6) is 5.75 Å². The zero-order valence-electron chi connectivity index (χ0n) is 13.6. The van der Waals surface area contributed by atoms with E-state index < -0.39 is 0 Å². The third-order valence-corrected chi connectivity index (χ3v) is 3.39. The van der Waals surface area contributed by atoms with Crippen LogP contribution in [0, 0.1) is 5.41 Å². The van der Waals surface area contributed by atoms with Crippen LogP contribution in [0.2, 0.25) is 0 Å². The molecular formula is C17H27NO2. The number of benzene rings is 1. The van der Waals surface area contributed by atoms with Gasteiger partial charge in [-0.1, -0.05) is 32.9 Å². The predicted molar refractivity (Wildman–Crippen MR) is 82.9 cm³/mol. The van der Waals surface area contributed by atoms with Crippen molar-refractivity contribution in [2.75, 3.05) is 13.7 Å². The van der Waals surface area contributed by atoms with Gasteiger partial charge >= 0.3 is 0 Å². The Kier molecular flexibility index (Phi) is 5.61. The number of hydrogen-bond acceptors (Lipinski definition) is 2. The Bertz CT molecular complexity index is 449. The van der Waals surface area contributed by atoms with Gasteiger partial charge in [0, 0.05) is 13.0 Å². The number of carbonyl (C=O) groups excluding carboxylic acids is 1. The molecule has 0 aliphatic carbocycles. The van der Waals surface area contributed by atoms with Gasteiger partial charge < -0.3 is 9.64 Å². The molecule has 0 fully saturated rings. The molecule has 1 unspecified atom stereocenters. The van der Waals surface area contributed by atoms with Crippen LogP contribution >= 0.6 is 0 Å². The lowest BCUT2D eigenvalue weighted by molar-refractivity contribution is -0.135. The number of nitrogens with zero attached hydrogens (tertiary/aromatic N) is 1. The van der Waals surface area contributed by atoms with Gasteiger partial charge in [0.25, 0.3) is 0 Å². The number of carbonyl (C=O) groups is 1. The number of amides is 1. The Hall–Kier alpha value is -1.51. The minimum atomic E-state index is 0.0125. The van der Waals surface area contributed by atoms with Crippen LogP contribution in [0.1, 0.15) is 52.6 Å². The quantitative estimate of drug-likeness (QED) is 0.813. The maximum atomic E-state index is 12.5. The predicted octanol–water partition coefficient (Wildman–Crippen LogP) is 4.04. The molecule has 0 N–H and O–H groups in total. The van der Waals surface area contributed by atoms with Gasteiger partial charge in [-0.25, -0.2) is 0 Å². The van der Waals surface area contributed by atoms with Gasteiger partial charge in [-0.05, 0) is 37.0 Å².